The molecule has 0 radical (unpaired) electrons. The molecule has 3 N–H and O–H groups in total. The number of aromatic hydroxyl groups is 1. The zero-order valence-electron chi connectivity index (χ0n) is 20.5. The topological polar surface area (TPSA) is 89.3 Å². The van der Waals surface area contributed by atoms with Gasteiger partial charge in [-0.3, -0.25) is 4.40 Å². The van der Waals surface area contributed by atoms with Crippen LogP contribution in [0, 0.1) is 5.82 Å². The van der Waals surface area contributed by atoms with Crippen molar-refractivity contribution in [2.24, 2.45) is 5.73 Å². The minimum Gasteiger partial charge on any atom is -0.507 e. The van der Waals surface area contributed by atoms with Crippen molar-refractivity contribution in [3.63, 3.8) is 0 Å². The molecule has 0 amide bonds. The van der Waals surface area contributed by atoms with Crippen molar-refractivity contribution in [3.05, 3.63) is 102 Å². The molecular weight excluding hydrogens is 477 g/mol. The molecule has 7 rings (SSSR count). The maximum absolute atomic E-state index is 13.7. The molecule has 38 heavy (non-hydrogen) atoms. The Kier molecular flexibility index (Phi) is 5.03. The molecular formula is C31H24FN5O. The zero-order chi connectivity index (χ0) is 25.9. The van der Waals surface area contributed by atoms with Crippen molar-refractivity contribution >= 4 is 16.7 Å². The van der Waals surface area contributed by atoms with Crippen molar-refractivity contribution in [1.82, 2.24) is 19.6 Å². The van der Waals surface area contributed by atoms with Gasteiger partial charge in [-0.05, 0) is 60.7 Å². The third kappa shape index (κ3) is 3.55. The number of pyridine rings is 2. The third-order valence-corrected chi connectivity index (χ3v) is 7.61. The van der Waals surface area contributed by atoms with Crippen LogP contribution in [0.2, 0.25) is 0 Å². The Balaban J connectivity index is 1.47. The van der Waals surface area contributed by atoms with Crippen LogP contribution in [0.15, 0.2) is 91.0 Å². The second-order valence-electron chi connectivity index (χ2n) is 9.95. The predicted molar refractivity (Wildman–Crippen MR) is 146 cm³/mol. The number of benzene rings is 3. The second kappa shape index (κ2) is 8.46. The van der Waals surface area contributed by atoms with Gasteiger partial charge in [-0.15, -0.1) is 10.2 Å². The van der Waals surface area contributed by atoms with Gasteiger partial charge in [0.05, 0.1) is 22.3 Å². The van der Waals surface area contributed by atoms with Crippen molar-refractivity contribution in [2.45, 2.75) is 24.8 Å². The molecule has 6 nitrogen and oxygen atoms in total. The van der Waals surface area contributed by atoms with Crippen LogP contribution < -0.4 is 5.73 Å². The van der Waals surface area contributed by atoms with Gasteiger partial charge in [-0.2, -0.15) is 0 Å². The first-order valence-corrected chi connectivity index (χ1v) is 12.6. The highest BCUT2D eigenvalue weighted by Crippen LogP contribution is 2.40. The van der Waals surface area contributed by atoms with Crippen LogP contribution in [-0.2, 0) is 5.54 Å². The molecule has 1 aliphatic carbocycles. The standard InChI is InChI=1S/C31H24FN5O/c32-22-11-12-23(27(38)17-22)30-36-35-28-14-13-25-26(37(28)30)18-24(19-5-2-1-3-6-19)29(34-25)20-7-9-21(10-8-20)31(33)15-4-16-31/h1-3,5-14,17-18,38H,4,15-16,33H2. The van der Waals surface area contributed by atoms with Crippen molar-refractivity contribution in [1.29, 1.82) is 0 Å². The first-order valence-electron chi connectivity index (χ1n) is 12.6. The lowest BCUT2D eigenvalue weighted by Crippen LogP contribution is -2.43. The van der Waals surface area contributed by atoms with Gasteiger partial charge in [-0.25, -0.2) is 9.37 Å². The van der Waals surface area contributed by atoms with E-state index in [1.807, 2.05) is 34.7 Å². The number of nitrogens with two attached hydrogens (primary N) is 1. The number of fused-ring (bicyclic) bond motifs is 3. The Morgan fingerprint density at radius 1 is 0.816 bits per heavy atom. The fraction of sp³-hybridized carbons (Fsp3) is 0.129. The maximum Gasteiger partial charge on any atom is 0.172 e. The van der Waals surface area contributed by atoms with Crippen LogP contribution in [-0.4, -0.2) is 24.7 Å². The third-order valence-electron chi connectivity index (χ3n) is 7.61. The molecule has 7 heteroatoms. The number of hydrogen-bond acceptors (Lipinski definition) is 5. The highest BCUT2D eigenvalue weighted by Gasteiger charge is 2.34. The zero-order valence-corrected chi connectivity index (χ0v) is 20.5. The van der Waals surface area contributed by atoms with E-state index in [1.165, 1.54) is 12.1 Å². The number of nitrogens with zero attached hydrogens (tertiary/aromatic N) is 4. The molecule has 0 saturated heterocycles. The van der Waals surface area contributed by atoms with E-state index in [1.54, 1.807) is 0 Å². The molecule has 0 atom stereocenters. The average molecular weight is 502 g/mol. The fourth-order valence-electron chi connectivity index (χ4n) is 5.35. The van der Waals surface area contributed by atoms with Gasteiger partial charge >= 0.3 is 0 Å². The summed E-state index contributed by atoms with van der Waals surface area (Å²) >= 11 is 0. The maximum atomic E-state index is 13.7. The van der Waals surface area contributed by atoms with Crippen molar-refractivity contribution < 1.29 is 9.50 Å². The van der Waals surface area contributed by atoms with E-state index in [0.717, 1.165) is 64.3 Å². The highest BCUT2D eigenvalue weighted by molar-refractivity contribution is 5.92. The number of phenolic OH excluding ortho intramolecular Hbond substituents is 1. The largest absolute Gasteiger partial charge is 0.507 e. The van der Waals surface area contributed by atoms with Crippen LogP contribution in [0.5, 0.6) is 5.75 Å². The Morgan fingerprint density at radius 3 is 2.32 bits per heavy atom. The van der Waals surface area contributed by atoms with Gasteiger partial charge in [0, 0.05) is 22.7 Å². The lowest BCUT2D eigenvalue weighted by Gasteiger charge is -2.38. The van der Waals surface area contributed by atoms with Crippen molar-refractivity contribution in [3.8, 4) is 39.5 Å². The summed E-state index contributed by atoms with van der Waals surface area (Å²) < 4.78 is 15.5. The summed E-state index contributed by atoms with van der Waals surface area (Å²) in [5, 5.41) is 19.1. The molecule has 6 aromatic rings. The molecule has 0 bridgehead atoms. The molecule has 0 spiro atoms. The Morgan fingerprint density at radius 2 is 1.61 bits per heavy atom. The second-order valence-corrected chi connectivity index (χ2v) is 9.95. The number of phenols is 1. The van der Waals surface area contributed by atoms with Crippen LogP contribution in [0.25, 0.3) is 50.5 Å². The SMILES string of the molecule is NC1(c2ccc(-c3nc4ccc5nnc(-c6ccc(F)cc6O)n5c4cc3-c3ccccc3)cc2)CCC1. The summed E-state index contributed by atoms with van der Waals surface area (Å²) in [4.78, 5) is 5.12. The summed E-state index contributed by atoms with van der Waals surface area (Å²) in [6.07, 6.45) is 3.19. The lowest BCUT2D eigenvalue weighted by atomic mass is 9.72. The van der Waals surface area contributed by atoms with E-state index in [2.05, 4.69) is 52.7 Å². The quantitative estimate of drug-likeness (QED) is 0.289. The molecule has 3 aromatic carbocycles. The molecule has 0 unspecified atom stereocenters. The van der Waals surface area contributed by atoms with E-state index in [9.17, 15) is 9.50 Å². The van der Waals surface area contributed by atoms with Crippen LogP contribution in [0.4, 0.5) is 4.39 Å². The number of aromatic nitrogens is 4. The first kappa shape index (κ1) is 22.6. The lowest BCUT2D eigenvalue weighted by molar-refractivity contribution is 0.253. The molecule has 1 aliphatic rings. The van der Waals surface area contributed by atoms with Gasteiger partial charge in [0.15, 0.2) is 11.5 Å². The average Bonchev–Trinajstić information content (AvgIpc) is 3.36. The Labute approximate surface area is 218 Å². The van der Waals surface area contributed by atoms with Gasteiger partial charge in [0.1, 0.15) is 11.6 Å². The van der Waals surface area contributed by atoms with E-state index < -0.39 is 5.82 Å². The number of halogens is 1. The summed E-state index contributed by atoms with van der Waals surface area (Å²) in [6.45, 7) is 0. The van der Waals surface area contributed by atoms with Gasteiger partial charge < -0.3 is 10.8 Å². The highest BCUT2D eigenvalue weighted by atomic mass is 19.1. The van der Waals surface area contributed by atoms with E-state index >= 15 is 0 Å². The smallest absolute Gasteiger partial charge is 0.172 e. The van der Waals surface area contributed by atoms with Crippen LogP contribution in [0.3, 0.4) is 0 Å². The molecule has 3 heterocycles. The summed E-state index contributed by atoms with van der Waals surface area (Å²) in [6, 6.07) is 28.3. The van der Waals surface area contributed by atoms with Crippen molar-refractivity contribution in [2.75, 3.05) is 0 Å². The molecule has 186 valence electrons. The van der Waals surface area contributed by atoms with Crippen LogP contribution in [0.1, 0.15) is 24.8 Å². The van der Waals surface area contributed by atoms with Crippen LogP contribution >= 0.6 is 0 Å². The minimum atomic E-state index is -0.522. The van der Waals surface area contributed by atoms with Gasteiger partial charge in [0.25, 0.3) is 0 Å². The van der Waals surface area contributed by atoms with E-state index in [4.69, 9.17) is 10.7 Å². The Hall–Kier alpha value is -4.62. The minimum absolute atomic E-state index is 0.201. The first-order chi connectivity index (χ1) is 18.5. The Bertz CT molecular complexity index is 1830. The van der Waals surface area contributed by atoms with Gasteiger partial charge in [0.2, 0.25) is 0 Å². The van der Waals surface area contributed by atoms with Gasteiger partial charge in [-0.1, -0.05) is 54.6 Å². The number of rotatable bonds is 4. The summed E-state index contributed by atoms with van der Waals surface area (Å²) in [7, 11) is 0. The number of hydrogen-bond donors (Lipinski definition) is 2. The fourth-order valence-corrected chi connectivity index (χ4v) is 5.35. The summed E-state index contributed by atoms with van der Waals surface area (Å²) in [5.41, 5.74) is 13.8. The molecule has 1 saturated carbocycles. The summed E-state index contributed by atoms with van der Waals surface area (Å²) in [5.74, 6) is -0.311. The molecule has 3 aromatic heterocycles. The van der Waals surface area contributed by atoms with E-state index in [-0.39, 0.29) is 11.3 Å². The van der Waals surface area contributed by atoms with E-state index in [0.29, 0.717) is 17.0 Å². The normalized spacial score (nSPS) is 14.6. The monoisotopic (exact) mass is 501 g/mol. The molecule has 0 aliphatic heterocycles. The molecule has 1 fully saturated rings. The predicted octanol–water partition coefficient (Wildman–Crippen LogP) is 6.46.